The van der Waals surface area contributed by atoms with Gasteiger partial charge in [0.2, 0.25) is 5.91 Å². The molecular formula is C18H22F3NO3. The standard InChI is InChI=1S/C18H22F3NO3/c1-11(10-13-5-7-14(8-6-13)18(19,20)21)16(23)22-9-3-4-15(12(22)2)17(24)25/h5-8,11-12,15H,3-4,9-10H2,1-2H3,(H,24,25)/t11?,12-,15-/m0/s1. The van der Waals surface area contributed by atoms with Gasteiger partial charge in [-0.25, -0.2) is 0 Å². The van der Waals surface area contributed by atoms with Crippen LogP contribution in [0, 0.1) is 11.8 Å². The van der Waals surface area contributed by atoms with Crippen molar-refractivity contribution < 1.29 is 27.9 Å². The average molecular weight is 357 g/mol. The van der Waals surface area contributed by atoms with Crippen LogP contribution in [0.3, 0.4) is 0 Å². The van der Waals surface area contributed by atoms with Gasteiger partial charge in [0, 0.05) is 18.5 Å². The maximum absolute atomic E-state index is 12.7. The molecule has 0 aromatic heterocycles. The minimum absolute atomic E-state index is 0.154. The summed E-state index contributed by atoms with van der Waals surface area (Å²) < 4.78 is 37.8. The molecule has 0 bridgehead atoms. The third-order valence-corrected chi connectivity index (χ3v) is 4.83. The zero-order chi connectivity index (χ0) is 18.8. The molecule has 1 amide bonds. The first-order valence-electron chi connectivity index (χ1n) is 8.30. The molecule has 7 heteroatoms. The minimum Gasteiger partial charge on any atom is -0.481 e. The number of likely N-dealkylation sites (tertiary alicyclic amines) is 1. The fourth-order valence-electron chi connectivity index (χ4n) is 3.34. The molecule has 1 N–H and O–H groups in total. The van der Waals surface area contributed by atoms with Crippen LogP contribution in [0.25, 0.3) is 0 Å². The number of rotatable bonds is 4. The number of hydrogen-bond acceptors (Lipinski definition) is 2. The highest BCUT2D eigenvalue weighted by molar-refractivity contribution is 5.80. The van der Waals surface area contributed by atoms with Crippen molar-refractivity contribution >= 4 is 11.9 Å². The van der Waals surface area contributed by atoms with Crippen molar-refractivity contribution in [1.82, 2.24) is 4.90 Å². The molecular weight excluding hydrogens is 335 g/mol. The zero-order valence-electron chi connectivity index (χ0n) is 14.2. The first-order chi connectivity index (χ1) is 11.6. The predicted octanol–water partition coefficient (Wildman–Crippen LogP) is 3.60. The molecule has 1 fully saturated rings. The van der Waals surface area contributed by atoms with Gasteiger partial charge in [0.25, 0.3) is 0 Å². The highest BCUT2D eigenvalue weighted by atomic mass is 19.4. The molecule has 2 rings (SSSR count). The molecule has 25 heavy (non-hydrogen) atoms. The van der Waals surface area contributed by atoms with Crippen LogP contribution < -0.4 is 0 Å². The summed E-state index contributed by atoms with van der Waals surface area (Å²) in [6.45, 7) is 3.97. The molecule has 1 aliphatic heterocycles. The van der Waals surface area contributed by atoms with Crippen LogP contribution in [0.15, 0.2) is 24.3 Å². The third kappa shape index (κ3) is 4.52. The van der Waals surface area contributed by atoms with Crippen molar-refractivity contribution in [1.29, 1.82) is 0 Å². The SMILES string of the molecule is CC(Cc1ccc(C(F)(F)F)cc1)C(=O)N1CCC[C@H](C(=O)O)[C@@H]1C. The van der Waals surface area contributed by atoms with Gasteiger partial charge in [-0.1, -0.05) is 19.1 Å². The average Bonchev–Trinajstić information content (AvgIpc) is 2.53. The van der Waals surface area contributed by atoms with Crippen molar-refractivity contribution in [2.24, 2.45) is 11.8 Å². The quantitative estimate of drug-likeness (QED) is 0.896. The second-order valence-corrected chi connectivity index (χ2v) is 6.66. The minimum atomic E-state index is -4.38. The molecule has 0 aliphatic carbocycles. The fourth-order valence-corrected chi connectivity index (χ4v) is 3.34. The molecule has 4 nitrogen and oxygen atoms in total. The molecule has 1 unspecified atom stereocenters. The van der Waals surface area contributed by atoms with E-state index in [9.17, 15) is 27.9 Å². The molecule has 1 aromatic rings. The summed E-state index contributed by atoms with van der Waals surface area (Å²) in [4.78, 5) is 25.5. The summed E-state index contributed by atoms with van der Waals surface area (Å²) >= 11 is 0. The van der Waals surface area contributed by atoms with Crippen molar-refractivity contribution in [2.75, 3.05) is 6.54 Å². The van der Waals surface area contributed by atoms with Gasteiger partial charge >= 0.3 is 12.1 Å². The molecule has 138 valence electrons. The summed E-state index contributed by atoms with van der Waals surface area (Å²) in [6, 6.07) is 4.40. The molecule has 1 saturated heterocycles. The Bertz CT molecular complexity index is 627. The van der Waals surface area contributed by atoms with Gasteiger partial charge in [0.15, 0.2) is 0 Å². The number of carboxylic acids is 1. The number of alkyl halides is 3. The topological polar surface area (TPSA) is 57.6 Å². The van der Waals surface area contributed by atoms with E-state index >= 15 is 0 Å². The largest absolute Gasteiger partial charge is 0.481 e. The van der Waals surface area contributed by atoms with Crippen LogP contribution >= 0.6 is 0 Å². The van der Waals surface area contributed by atoms with Gasteiger partial charge in [-0.3, -0.25) is 9.59 Å². The molecule has 1 heterocycles. The number of carboxylic acid groups (broad SMARTS) is 1. The summed E-state index contributed by atoms with van der Waals surface area (Å²) in [5.74, 6) is -2.05. The van der Waals surface area contributed by atoms with Gasteiger partial charge < -0.3 is 10.0 Å². The monoisotopic (exact) mass is 357 g/mol. The van der Waals surface area contributed by atoms with Crippen LogP contribution in [0.2, 0.25) is 0 Å². The number of piperidine rings is 1. The zero-order valence-corrected chi connectivity index (χ0v) is 14.2. The lowest BCUT2D eigenvalue weighted by atomic mass is 9.88. The normalized spacial score (nSPS) is 22.5. The molecule has 0 saturated carbocycles. The van der Waals surface area contributed by atoms with Gasteiger partial charge in [-0.2, -0.15) is 13.2 Å². The Morgan fingerprint density at radius 3 is 2.40 bits per heavy atom. The highest BCUT2D eigenvalue weighted by Crippen LogP contribution is 2.30. The molecule has 1 aliphatic rings. The second-order valence-electron chi connectivity index (χ2n) is 6.66. The van der Waals surface area contributed by atoms with E-state index in [-0.39, 0.29) is 11.9 Å². The fraction of sp³-hybridized carbons (Fsp3) is 0.556. The Labute approximate surface area is 144 Å². The van der Waals surface area contributed by atoms with Gasteiger partial charge in [0.05, 0.1) is 11.5 Å². The number of carbonyl (C=O) groups excluding carboxylic acids is 1. The van der Waals surface area contributed by atoms with Crippen molar-refractivity contribution in [3.05, 3.63) is 35.4 Å². The van der Waals surface area contributed by atoms with Gasteiger partial charge in [-0.05, 0) is 43.9 Å². The number of carbonyl (C=O) groups is 2. The first kappa shape index (κ1) is 19.3. The van der Waals surface area contributed by atoms with Gasteiger partial charge in [-0.15, -0.1) is 0 Å². The van der Waals surface area contributed by atoms with Crippen LogP contribution in [-0.4, -0.2) is 34.5 Å². The summed E-state index contributed by atoms with van der Waals surface area (Å²) in [5, 5.41) is 9.24. The van der Waals surface area contributed by atoms with E-state index in [1.807, 2.05) is 0 Å². The second kappa shape index (κ2) is 7.45. The van der Waals surface area contributed by atoms with E-state index in [4.69, 9.17) is 0 Å². The molecule has 3 atom stereocenters. The summed E-state index contributed by atoms with van der Waals surface area (Å²) in [5.41, 5.74) is -0.0718. The number of amides is 1. The van der Waals surface area contributed by atoms with E-state index < -0.39 is 29.5 Å². The Hall–Kier alpha value is -2.05. The first-order valence-corrected chi connectivity index (χ1v) is 8.30. The van der Waals surface area contributed by atoms with Crippen LogP contribution in [0.4, 0.5) is 13.2 Å². The van der Waals surface area contributed by atoms with E-state index in [0.717, 1.165) is 12.1 Å². The summed E-state index contributed by atoms with van der Waals surface area (Å²) in [7, 11) is 0. The van der Waals surface area contributed by atoms with E-state index in [1.54, 1.807) is 18.7 Å². The van der Waals surface area contributed by atoms with E-state index in [1.165, 1.54) is 12.1 Å². The third-order valence-electron chi connectivity index (χ3n) is 4.83. The van der Waals surface area contributed by atoms with Crippen LogP contribution in [0.5, 0.6) is 0 Å². The highest BCUT2D eigenvalue weighted by Gasteiger charge is 2.36. The molecule has 0 radical (unpaired) electrons. The van der Waals surface area contributed by atoms with E-state index in [2.05, 4.69) is 0 Å². The maximum atomic E-state index is 12.7. The smallest absolute Gasteiger partial charge is 0.416 e. The Morgan fingerprint density at radius 2 is 1.88 bits per heavy atom. The van der Waals surface area contributed by atoms with Crippen molar-refractivity contribution in [3.63, 3.8) is 0 Å². The number of halogens is 3. The maximum Gasteiger partial charge on any atom is 0.416 e. The number of hydrogen-bond donors (Lipinski definition) is 1. The lowest BCUT2D eigenvalue weighted by Gasteiger charge is -2.39. The molecule has 0 spiro atoms. The lowest BCUT2D eigenvalue weighted by molar-refractivity contribution is -0.150. The van der Waals surface area contributed by atoms with Crippen LogP contribution in [0.1, 0.15) is 37.8 Å². The Balaban J connectivity index is 2.03. The van der Waals surface area contributed by atoms with Crippen LogP contribution in [-0.2, 0) is 22.2 Å². The van der Waals surface area contributed by atoms with Gasteiger partial charge in [0.1, 0.15) is 0 Å². The number of aliphatic carboxylic acids is 1. The van der Waals surface area contributed by atoms with Crippen molar-refractivity contribution in [3.8, 4) is 0 Å². The predicted molar refractivity (Wildman–Crippen MR) is 85.8 cm³/mol. The number of benzene rings is 1. The number of nitrogens with zero attached hydrogens (tertiary/aromatic N) is 1. The lowest BCUT2D eigenvalue weighted by Crippen LogP contribution is -2.50. The Morgan fingerprint density at radius 1 is 1.28 bits per heavy atom. The van der Waals surface area contributed by atoms with E-state index in [0.29, 0.717) is 31.4 Å². The Kier molecular flexibility index (Phi) is 5.75. The van der Waals surface area contributed by atoms with Crippen molar-refractivity contribution in [2.45, 2.75) is 45.3 Å². The molecule has 1 aromatic carbocycles. The summed E-state index contributed by atoms with van der Waals surface area (Å²) in [6.07, 6.45) is -2.87.